The summed E-state index contributed by atoms with van der Waals surface area (Å²) in [5.74, 6) is 0.904. The first-order valence-electron chi connectivity index (χ1n) is 20.1. The van der Waals surface area contributed by atoms with E-state index in [4.69, 9.17) is 43.4 Å². The molecule has 6 aromatic heterocycles. The summed E-state index contributed by atoms with van der Waals surface area (Å²) in [6.45, 7) is 11.4. The minimum atomic E-state index is -0.253. The van der Waals surface area contributed by atoms with E-state index in [0.717, 1.165) is 63.7 Å². The number of aliphatic hydroxyl groups excluding tert-OH is 1. The van der Waals surface area contributed by atoms with Crippen LogP contribution < -0.4 is 32.4 Å². The number of fused-ring (bicyclic) bond motifs is 3. The Labute approximate surface area is 372 Å². The van der Waals surface area contributed by atoms with Gasteiger partial charge in [0, 0.05) is 34.2 Å². The molecule has 0 spiro atoms. The summed E-state index contributed by atoms with van der Waals surface area (Å²) in [5, 5.41) is 8.18. The van der Waals surface area contributed by atoms with Crippen LogP contribution in [-0.4, -0.2) is 102 Å². The first-order chi connectivity index (χ1) is 29.1. The van der Waals surface area contributed by atoms with Gasteiger partial charge in [0.25, 0.3) is 0 Å². The van der Waals surface area contributed by atoms with Gasteiger partial charge in [-0.3, -0.25) is 9.47 Å². The molecule has 0 bridgehead atoms. The molecule has 0 unspecified atom stereocenters. The molecule has 0 aliphatic carbocycles. The van der Waals surface area contributed by atoms with E-state index in [-0.39, 0.29) is 43.9 Å². The molecule has 0 radical (unpaired) electrons. The van der Waals surface area contributed by atoms with E-state index in [1.165, 1.54) is 31.1 Å². The number of ether oxygens (including phenoxy) is 2. The molecule has 7 heterocycles. The Kier molecular flexibility index (Phi) is 19.6. The molecular formula is C39H55ClN16O4W. The molecule has 1 aliphatic heterocycles. The Morgan fingerprint density at radius 1 is 0.738 bits per heavy atom. The van der Waals surface area contributed by atoms with Gasteiger partial charge in [0.05, 0.1) is 32.4 Å². The Morgan fingerprint density at radius 2 is 1.28 bits per heavy atom. The number of benzene rings is 1. The third-order valence-electron chi connectivity index (χ3n) is 9.12. The maximum Gasteiger partial charge on any atom is 0.328 e. The predicted octanol–water partition coefficient (Wildman–Crippen LogP) is 5.00. The number of nitrogens with two attached hydrogens (primary N) is 3. The van der Waals surface area contributed by atoms with Crippen LogP contribution in [0.4, 0.5) is 17.5 Å². The summed E-state index contributed by atoms with van der Waals surface area (Å²) in [6.07, 6.45) is 11.6. The average molecular weight is 1030 g/mol. The number of anilines is 3. The predicted molar refractivity (Wildman–Crippen MR) is 233 cm³/mol. The molecule has 0 atom stereocenters. The van der Waals surface area contributed by atoms with Crippen molar-refractivity contribution in [3.8, 4) is 12.0 Å². The number of aliphatic hydroxyl groups is 1. The monoisotopic (exact) mass is 1030 g/mol. The van der Waals surface area contributed by atoms with Crippen molar-refractivity contribution in [3.05, 3.63) is 63.8 Å². The number of aromatic amines is 3. The van der Waals surface area contributed by atoms with Gasteiger partial charge in [-0.1, -0.05) is 64.3 Å². The fourth-order valence-electron chi connectivity index (χ4n) is 5.95. The number of nitrogens with zero attached hydrogens (tertiary/aromatic N) is 10. The second-order valence-electron chi connectivity index (χ2n) is 13.9. The molecule has 20 nitrogen and oxygen atoms in total. The molecule has 7 aromatic rings. The quantitative estimate of drug-likeness (QED) is 0.0557. The van der Waals surface area contributed by atoms with Crippen LogP contribution in [-0.2, 0) is 34.2 Å². The standard InChI is InChI=1S/C21H28N6O2.C9H13N5O.C5H4ClN5.C4H10O.W/c1-2-3-11-29-20-24-18(22)17-19(25-20)27(21(28)23-17)14-16-8-6-7-15(12-16)13-26-9-4-5-10-26;1-2-3-4-15-9-13-7(10)6-8(14-9)12-5-11-6;6-5-10-3(7)2-4(11-5)9-1-8-2;1-2-3-4-5;/h6-8,12H,2-5,9-11,13-14H2,1H3,(H,23,28)(H2,22,24,25);5H,2-4H2,1H3,(H3,10,11,12,13,14);1H,(H3,7,8,9,10,11);5H,2-4H2,1H3;. The zero-order chi connectivity index (χ0) is 42.9. The number of hydrogen-bond acceptors (Lipinski definition) is 16. The van der Waals surface area contributed by atoms with E-state index < -0.39 is 0 Å². The molecule has 61 heavy (non-hydrogen) atoms. The Hall–Kier alpha value is -5.43. The van der Waals surface area contributed by atoms with Crippen LogP contribution in [0.3, 0.4) is 0 Å². The van der Waals surface area contributed by atoms with Crippen molar-refractivity contribution in [2.45, 2.75) is 85.2 Å². The fraction of sp³-hybridized carbons (Fsp3) is 0.462. The van der Waals surface area contributed by atoms with E-state index >= 15 is 0 Å². The average Bonchev–Trinajstić information content (AvgIpc) is 4.06. The summed E-state index contributed by atoms with van der Waals surface area (Å²) in [6, 6.07) is 8.87. The molecule has 10 N–H and O–H groups in total. The Bertz CT molecular complexity index is 2450. The minimum Gasteiger partial charge on any atom is -0.463 e. The number of H-pyrrole nitrogens is 3. The summed E-state index contributed by atoms with van der Waals surface area (Å²) in [5.41, 5.74) is 22.5. The third-order valence-corrected chi connectivity index (χ3v) is 9.29. The molecule has 1 aromatic carbocycles. The van der Waals surface area contributed by atoms with Crippen LogP contribution in [0.25, 0.3) is 33.5 Å². The normalized spacial score (nSPS) is 12.2. The van der Waals surface area contributed by atoms with Gasteiger partial charge in [-0.15, -0.1) is 0 Å². The van der Waals surface area contributed by atoms with Gasteiger partial charge in [-0.05, 0) is 67.9 Å². The van der Waals surface area contributed by atoms with E-state index in [0.29, 0.717) is 77.5 Å². The number of imidazole rings is 3. The van der Waals surface area contributed by atoms with Gasteiger partial charge in [-0.25, -0.2) is 14.8 Å². The van der Waals surface area contributed by atoms with Crippen molar-refractivity contribution in [2.75, 3.05) is 50.1 Å². The number of unbranched alkanes of at least 4 members (excludes halogenated alkanes) is 3. The molecule has 328 valence electrons. The van der Waals surface area contributed by atoms with Crippen molar-refractivity contribution in [1.29, 1.82) is 0 Å². The van der Waals surface area contributed by atoms with Crippen LogP contribution in [0.5, 0.6) is 12.0 Å². The topological polar surface area (TPSA) is 292 Å². The number of hydrogen-bond donors (Lipinski definition) is 7. The fourth-order valence-corrected chi connectivity index (χ4v) is 6.12. The smallest absolute Gasteiger partial charge is 0.328 e. The van der Waals surface area contributed by atoms with E-state index in [2.05, 4.69) is 92.6 Å². The van der Waals surface area contributed by atoms with Crippen molar-refractivity contribution in [1.82, 2.24) is 64.3 Å². The van der Waals surface area contributed by atoms with Crippen molar-refractivity contribution in [2.24, 2.45) is 0 Å². The zero-order valence-electron chi connectivity index (χ0n) is 34.7. The first-order valence-corrected chi connectivity index (χ1v) is 20.5. The van der Waals surface area contributed by atoms with Gasteiger partial charge in [0.2, 0.25) is 5.28 Å². The summed E-state index contributed by atoms with van der Waals surface area (Å²) in [4.78, 5) is 55.6. The van der Waals surface area contributed by atoms with Crippen LogP contribution >= 0.6 is 11.6 Å². The van der Waals surface area contributed by atoms with E-state index in [1.807, 2.05) is 12.1 Å². The maximum atomic E-state index is 12.6. The number of nitrogen functional groups attached to an aromatic ring is 3. The van der Waals surface area contributed by atoms with Gasteiger partial charge < -0.3 is 46.7 Å². The van der Waals surface area contributed by atoms with E-state index in [1.54, 1.807) is 4.57 Å². The maximum absolute atomic E-state index is 12.6. The number of nitrogens with one attached hydrogen (secondary N) is 3. The Morgan fingerprint density at radius 3 is 1.85 bits per heavy atom. The summed E-state index contributed by atoms with van der Waals surface area (Å²) < 4.78 is 12.5. The SMILES string of the molecule is CCCCO.CCCCOc1nc(N)c2[nH]c(=O)n(Cc3cccc(CN4CCCC4)c3)c2n1.CCCCOc1nc(N)c2[nH]cnc2n1.Nc1nc(Cl)nc2nc[nH]c12.[W]. The molecule has 0 saturated carbocycles. The number of halogens is 1. The number of rotatable bonds is 14. The van der Waals surface area contributed by atoms with Gasteiger partial charge in [-0.2, -0.15) is 29.9 Å². The second-order valence-corrected chi connectivity index (χ2v) is 14.2. The van der Waals surface area contributed by atoms with Crippen molar-refractivity contribution in [3.63, 3.8) is 0 Å². The second kappa shape index (κ2) is 24.7. The number of likely N-dealkylation sites (tertiary alicyclic amines) is 1. The summed E-state index contributed by atoms with van der Waals surface area (Å²) in [7, 11) is 0. The van der Waals surface area contributed by atoms with E-state index in [9.17, 15) is 4.79 Å². The molecule has 22 heteroatoms. The Balaban J connectivity index is 0.000000212. The number of aromatic nitrogens is 12. The third kappa shape index (κ3) is 14.1. The van der Waals surface area contributed by atoms with Crippen molar-refractivity contribution < 1.29 is 35.6 Å². The first kappa shape index (κ1) is 48.2. The van der Waals surface area contributed by atoms with Crippen LogP contribution in [0, 0.1) is 0 Å². The molecule has 1 aliphatic rings. The largest absolute Gasteiger partial charge is 0.463 e. The van der Waals surface area contributed by atoms with Crippen LogP contribution in [0.1, 0.15) is 83.3 Å². The molecule has 1 saturated heterocycles. The molecule has 8 rings (SSSR count). The zero-order valence-corrected chi connectivity index (χ0v) is 38.4. The molecular weight excluding hydrogens is 976 g/mol. The molecule has 1 fully saturated rings. The van der Waals surface area contributed by atoms with Crippen molar-refractivity contribution >= 4 is 62.5 Å². The van der Waals surface area contributed by atoms with Crippen LogP contribution in [0.2, 0.25) is 5.28 Å². The van der Waals surface area contributed by atoms with Gasteiger partial charge in [0.1, 0.15) is 16.6 Å². The van der Waals surface area contributed by atoms with Gasteiger partial charge >= 0.3 is 17.7 Å². The van der Waals surface area contributed by atoms with Crippen LogP contribution in [0.15, 0.2) is 41.7 Å². The summed E-state index contributed by atoms with van der Waals surface area (Å²) >= 11 is 5.52. The molecule has 0 amide bonds. The van der Waals surface area contributed by atoms with Gasteiger partial charge in [0.15, 0.2) is 34.4 Å². The minimum absolute atomic E-state index is 0.